The highest BCUT2D eigenvalue weighted by atomic mass is 32.2. The number of thioether (sulfide) groups is 1. The molecule has 1 saturated heterocycles. The van der Waals surface area contributed by atoms with E-state index in [1.54, 1.807) is 45.9 Å². The van der Waals surface area contributed by atoms with Crippen molar-refractivity contribution in [2.75, 3.05) is 12.4 Å². The van der Waals surface area contributed by atoms with E-state index in [2.05, 4.69) is 11.9 Å². The maximum absolute atomic E-state index is 15.5. The van der Waals surface area contributed by atoms with Gasteiger partial charge in [0, 0.05) is 31.4 Å². The van der Waals surface area contributed by atoms with E-state index in [0.717, 1.165) is 31.5 Å². The molecule has 324 valence electrons. The number of unbranched alkanes of at least 4 members (excludes halogenated alkanes) is 1. The zero-order valence-corrected chi connectivity index (χ0v) is 35.6. The third-order valence-corrected chi connectivity index (χ3v) is 13.7. The first-order chi connectivity index (χ1) is 28.2. The quantitative estimate of drug-likeness (QED) is 0.106. The van der Waals surface area contributed by atoms with Crippen LogP contribution in [0.15, 0.2) is 76.4 Å². The molecule has 2 heterocycles. The molecule has 15 nitrogen and oxygen atoms in total. The molecular formula is C44H53NO14S. The zero-order chi connectivity index (χ0) is 43.9. The van der Waals surface area contributed by atoms with Crippen molar-refractivity contribution in [2.24, 2.45) is 16.7 Å². The monoisotopic (exact) mass is 851 g/mol. The second-order valence-electron chi connectivity index (χ2n) is 16.7. The molecule has 2 saturated carbocycles. The first kappa shape index (κ1) is 44.8. The Labute approximate surface area is 352 Å². The number of carbonyl (C=O) groups is 6. The summed E-state index contributed by atoms with van der Waals surface area (Å²) in [5.41, 5.74) is -6.70. The molecule has 60 heavy (non-hydrogen) atoms. The summed E-state index contributed by atoms with van der Waals surface area (Å²) in [6.45, 7) is 14.6. The van der Waals surface area contributed by atoms with Crippen LogP contribution in [-0.4, -0.2) is 99.2 Å². The molecule has 0 spiro atoms. The summed E-state index contributed by atoms with van der Waals surface area (Å²) in [6, 6.07) is 9.57. The molecule has 4 aliphatic rings. The van der Waals surface area contributed by atoms with E-state index in [1.165, 1.54) is 37.5 Å². The number of Topliss-reactive ketones (excluding diaryl/α,β-unsaturated/α-hetero) is 1. The number of hydrogen-bond acceptors (Lipinski definition) is 15. The fourth-order valence-corrected chi connectivity index (χ4v) is 10.4. The molecule has 0 unspecified atom stereocenters. The van der Waals surface area contributed by atoms with Crippen LogP contribution in [0.4, 0.5) is 4.79 Å². The number of hydrogen-bond donors (Lipinski definition) is 3. The molecule has 2 aromatic rings. The predicted molar refractivity (Wildman–Crippen MR) is 215 cm³/mol. The Bertz CT molecular complexity index is 2060. The fraction of sp³-hybridized carbons (Fsp3) is 0.545. The Balaban J connectivity index is 1.52. The Morgan fingerprint density at radius 2 is 1.72 bits per heavy atom. The Hall–Kier alpha value is -4.77. The van der Waals surface area contributed by atoms with Gasteiger partial charge in [-0.25, -0.2) is 9.59 Å². The zero-order valence-electron chi connectivity index (χ0n) is 34.8. The average Bonchev–Trinajstić information content (AvgIpc) is 3.73. The van der Waals surface area contributed by atoms with Gasteiger partial charge in [-0.2, -0.15) is 0 Å². The summed E-state index contributed by atoms with van der Waals surface area (Å²) in [6.07, 6.45) is -5.33. The van der Waals surface area contributed by atoms with Gasteiger partial charge in [-0.15, -0.1) is 0 Å². The van der Waals surface area contributed by atoms with Crippen molar-refractivity contribution < 1.29 is 67.1 Å². The van der Waals surface area contributed by atoms with Crippen molar-refractivity contribution in [1.82, 2.24) is 5.32 Å². The molecular weight excluding hydrogens is 799 g/mol. The largest absolute Gasteiger partial charge is 0.467 e. The van der Waals surface area contributed by atoms with Crippen molar-refractivity contribution >= 4 is 46.7 Å². The number of ether oxygens (including phenoxy) is 5. The van der Waals surface area contributed by atoms with E-state index < -0.39 is 106 Å². The average molecular weight is 852 g/mol. The number of furan rings is 1. The molecule has 16 heteroatoms. The van der Waals surface area contributed by atoms with E-state index in [0.29, 0.717) is 11.3 Å². The highest BCUT2D eigenvalue weighted by molar-refractivity contribution is 8.13. The van der Waals surface area contributed by atoms with Crippen molar-refractivity contribution in [3.8, 4) is 0 Å². The van der Waals surface area contributed by atoms with Crippen LogP contribution in [0, 0.1) is 16.7 Å². The summed E-state index contributed by atoms with van der Waals surface area (Å²) in [7, 11) is 0. The fourth-order valence-electron chi connectivity index (χ4n) is 9.55. The topological polar surface area (TPSA) is 214 Å². The lowest BCUT2D eigenvalue weighted by atomic mass is 9.44. The summed E-state index contributed by atoms with van der Waals surface area (Å²) >= 11 is 0.975. The number of aliphatic hydroxyl groups is 2. The van der Waals surface area contributed by atoms with Gasteiger partial charge in [0.25, 0.3) is 5.24 Å². The van der Waals surface area contributed by atoms with Gasteiger partial charge >= 0.3 is 23.9 Å². The standard InChI is InChI=1S/C44H53NO14S/c1-9-10-19-60-40(52)45-32(28-17-14-18-54-28)33(48)39(51)57-29-21-44(53)37(58-38(50)27-15-12-11-13-16-27)35-42(8,23(2)20-30-43(35,22-55-30)59-26(5)47)36(49)34(56-25(4)46)31(24(29)3)41(44,6)7/h11-18,29-30,32-35,37,48,53H,2,9-10,19-22H2,1,3-8H3,(H,45,52)/t29-,30+,32-,33+,34+,35-,37-,42+,43-,44+/m0/s1. The summed E-state index contributed by atoms with van der Waals surface area (Å²) in [5, 5.41) is 27.4. The minimum absolute atomic E-state index is 0.0423. The highest BCUT2D eigenvalue weighted by Gasteiger charge is 2.77. The van der Waals surface area contributed by atoms with E-state index >= 15 is 4.79 Å². The minimum Gasteiger partial charge on any atom is -0.467 e. The van der Waals surface area contributed by atoms with Crippen molar-refractivity contribution in [3.63, 3.8) is 0 Å². The van der Waals surface area contributed by atoms with Gasteiger partial charge in [-0.3, -0.25) is 19.2 Å². The van der Waals surface area contributed by atoms with Crippen LogP contribution in [0.5, 0.6) is 0 Å². The molecule has 3 fully saturated rings. The van der Waals surface area contributed by atoms with Crippen LogP contribution in [-0.2, 0) is 42.9 Å². The summed E-state index contributed by atoms with van der Waals surface area (Å²) in [4.78, 5) is 82.8. The first-order valence-corrected chi connectivity index (χ1v) is 21.0. The van der Waals surface area contributed by atoms with Crippen LogP contribution in [0.25, 0.3) is 0 Å². The lowest BCUT2D eigenvalue weighted by molar-refractivity contribution is -0.323. The second kappa shape index (κ2) is 16.9. The van der Waals surface area contributed by atoms with Crippen LogP contribution in [0.1, 0.15) is 96.3 Å². The highest BCUT2D eigenvalue weighted by Crippen LogP contribution is 2.65. The number of amides is 1. The van der Waals surface area contributed by atoms with Gasteiger partial charge in [-0.1, -0.05) is 69.3 Å². The Morgan fingerprint density at radius 3 is 2.30 bits per heavy atom. The number of benzene rings is 1. The molecule has 10 atom stereocenters. The lowest BCUT2D eigenvalue weighted by Gasteiger charge is -2.67. The minimum atomic E-state index is -2.32. The Morgan fingerprint density at radius 1 is 1.02 bits per heavy atom. The maximum Gasteiger partial charge on any atom is 0.338 e. The predicted octanol–water partition coefficient (Wildman–Crippen LogP) is 5.34. The van der Waals surface area contributed by atoms with Gasteiger partial charge in [-0.05, 0) is 62.1 Å². The molecule has 1 aromatic carbocycles. The SMILES string of the molecule is C=C1C[C@H]2OC[C@@]2(OC(C)=O)[C@H]2[C@H](OC(=O)c3ccccc3)[C@]3(O)C[C@H](OC(=O)[C@H](O)[C@@H](NC(=O)SCCCC)c4ccco4)C(C)=C([C@@H](OC(C)=O)C(=O)[C@]12C)C3(C)C. The molecule has 2 bridgehead atoms. The van der Waals surface area contributed by atoms with Crippen LogP contribution in [0.2, 0.25) is 0 Å². The number of aliphatic hydroxyl groups excluding tert-OH is 1. The van der Waals surface area contributed by atoms with E-state index in [-0.39, 0.29) is 35.5 Å². The van der Waals surface area contributed by atoms with Gasteiger partial charge in [0.05, 0.1) is 29.8 Å². The molecule has 6 rings (SSSR count). The van der Waals surface area contributed by atoms with E-state index in [4.69, 9.17) is 28.1 Å². The third-order valence-electron chi connectivity index (χ3n) is 12.8. The maximum atomic E-state index is 15.5. The summed E-state index contributed by atoms with van der Waals surface area (Å²) < 4.78 is 35.9. The second-order valence-corrected chi connectivity index (χ2v) is 17.8. The number of rotatable bonds is 12. The Kier molecular flexibility index (Phi) is 12.6. The van der Waals surface area contributed by atoms with Gasteiger partial charge in [0.2, 0.25) is 0 Å². The van der Waals surface area contributed by atoms with Crippen molar-refractivity contribution in [3.05, 3.63) is 83.3 Å². The van der Waals surface area contributed by atoms with E-state index in [9.17, 15) is 34.2 Å². The third kappa shape index (κ3) is 7.60. The van der Waals surface area contributed by atoms with Crippen molar-refractivity contribution in [1.29, 1.82) is 0 Å². The van der Waals surface area contributed by atoms with Gasteiger partial charge in [0.1, 0.15) is 35.7 Å². The molecule has 0 radical (unpaired) electrons. The van der Waals surface area contributed by atoms with Crippen molar-refractivity contribution in [2.45, 2.75) is 122 Å². The summed E-state index contributed by atoms with van der Waals surface area (Å²) in [5.74, 6) is -5.24. The van der Waals surface area contributed by atoms with Crippen LogP contribution >= 0.6 is 11.8 Å². The van der Waals surface area contributed by atoms with Crippen LogP contribution in [0.3, 0.4) is 0 Å². The van der Waals surface area contributed by atoms with Crippen LogP contribution < -0.4 is 5.32 Å². The van der Waals surface area contributed by atoms with E-state index in [1.807, 2.05) is 6.92 Å². The van der Waals surface area contributed by atoms with Gasteiger partial charge in [0.15, 0.2) is 23.6 Å². The normalized spacial score (nSPS) is 31.4. The molecule has 1 aromatic heterocycles. The molecule has 3 N–H and O–H groups in total. The number of ketones is 1. The molecule has 3 aliphatic carbocycles. The number of carbonyl (C=O) groups excluding carboxylic acids is 6. The number of nitrogens with one attached hydrogen (secondary N) is 1. The first-order valence-electron chi connectivity index (χ1n) is 20.0. The molecule has 1 amide bonds. The molecule has 1 aliphatic heterocycles. The number of esters is 4. The van der Waals surface area contributed by atoms with Gasteiger partial charge < -0.3 is 43.6 Å². The smallest absolute Gasteiger partial charge is 0.338 e. The lowest BCUT2D eigenvalue weighted by Crippen LogP contribution is -2.80. The number of fused-ring (bicyclic) bond motifs is 5.